The lowest BCUT2D eigenvalue weighted by atomic mass is 9.84. The van der Waals surface area contributed by atoms with Crippen LogP contribution in [0.15, 0.2) is 0 Å². The molecule has 0 unspecified atom stereocenters. The number of nitrogens with two attached hydrogens (primary N) is 1. The highest BCUT2D eigenvalue weighted by Gasteiger charge is 2.36. The van der Waals surface area contributed by atoms with Crippen LogP contribution in [0.1, 0.15) is 72.1 Å². The molecule has 0 radical (unpaired) electrons. The SMILES string of the molecule is COC(=O)[C@H](CC1CCCCC1)N(CCC(C)(C)C)C(=O)[C@@H](N)CC(=O)O. The predicted octanol–water partition coefficient (Wildman–Crippen LogP) is 2.57. The monoisotopic (exact) mass is 384 g/mol. The van der Waals surface area contributed by atoms with E-state index in [0.29, 0.717) is 25.3 Å². The third kappa shape index (κ3) is 8.28. The van der Waals surface area contributed by atoms with Crippen molar-refractivity contribution in [2.45, 2.75) is 84.2 Å². The van der Waals surface area contributed by atoms with Gasteiger partial charge < -0.3 is 20.5 Å². The molecule has 27 heavy (non-hydrogen) atoms. The van der Waals surface area contributed by atoms with E-state index in [1.807, 2.05) is 0 Å². The van der Waals surface area contributed by atoms with Gasteiger partial charge >= 0.3 is 11.9 Å². The lowest BCUT2D eigenvalue weighted by molar-refractivity contribution is -0.155. The summed E-state index contributed by atoms with van der Waals surface area (Å²) in [7, 11) is 1.32. The van der Waals surface area contributed by atoms with E-state index in [9.17, 15) is 14.4 Å². The van der Waals surface area contributed by atoms with E-state index in [2.05, 4.69) is 20.8 Å². The second-order valence-corrected chi connectivity index (χ2v) is 8.83. The van der Waals surface area contributed by atoms with Gasteiger partial charge in [0.1, 0.15) is 6.04 Å². The molecule has 1 aliphatic rings. The molecule has 0 aromatic carbocycles. The van der Waals surface area contributed by atoms with Crippen LogP contribution in [-0.2, 0) is 19.1 Å². The van der Waals surface area contributed by atoms with Crippen molar-refractivity contribution in [3.05, 3.63) is 0 Å². The molecule has 1 aliphatic carbocycles. The standard InChI is InChI=1S/C20H36N2O5/c1-20(2,3)10-11-22(18(25)15(21)13-17(23)24)16(19(26)27-4)12-14-8-6-5-7-9-14/h14-16H,5-13,21H2,1-4H3,(H,23,24)/t15-,16-/m0/s1. The molecule has 1 fully saturated rings. The number of ether oxygens (including phenoxy) is 1. The van der Waals surface area contributed by atoms with Crippen molar-refractivity contribution in [3.8, 4) is 0 Å². The Balaban J connectivity index is 3.04. The molecule has 0 aromatic rings. The number of rotatable bonds is 9. The molecule has 2 atom stereocenters. The van der Waals surface area contributed by atoms with Crippen LogP contribution in [0, 0.1) is 11.3 Å². The Morgan fingerprint density at radius 3 is 2.26 bits per heavy atom. The smallest absolute Gasteiger partial charge is 0.328 e. The van der Waals surface area contributed by atoms with Crippen LogP contribution >= 0.6 is 0 Å². The largest absolute Gasteiger partial charge is 0.481 e. The minimum absolute atomic E-state index is 0.0407. The number of carbonyl (C=O) groups is 3. The Bertz CT molecular complexity index is 509. The van der Waals surface area contributed by atoms with Gasteiger partial charge in [0.15, 0.2) is 0 Å². The Hall–Kier alpha value is -1.63. The fourth-order valence-corrected chi connectivity index (χ4v) is 3.59. The van der Waals surface area contributed by atoms with E-state index in [1.165, 1.54) is 18.4 Å². The highest BCUT2D eigenvalue weighted by molar-refractivity contribution is 5.89. The molecule has 0 bridgehead atoms. The normalized spacial score (nSPS) is 17.8. The number of nitrogens with zero attached hydrogens (tertiary/aromatic N) is 1. The summed E-state index contributed by atoms with van der Waals surface area (Å²) in [6.07, 6.45) is 6.31. The van der Waals surface area contributed by atoms with Crippen LogP contribution < -0.4 is 5.73 Å². The van der Waals surface area contributed by atoms with E-state index in [4.69, 9.17) is 15.6 Å². The first-order valence-corrected chi connectivity index (χ1v) is 9.91. The molecule has 7 nitrogen and oxygen atoms in total. The minimum Gasteiger partial charge on any atom is -0.481 e. The van der Waals surface area contributed by atoms with E-state index < -0.39 is 36.4 Å². The van der Waals surface area contributed by atoms with E-state index in [-0.39, 0.29) is 5.41 Å². The van der Waals surface area contributed by atoms with Gasteiger partial charge in [-0.2, -0.15) is 0 Å². The zero-order valence-corrected chi connectivity index (χ0v) is 17.2. The molecular weight excluding hydrogens is 348 g/mol. The summed E-state index contributed by atoms with van der Waals surface area (Å²) in [5.74, 6) is -1.71. The number of carboxylic acids is 1. The maximum absolute atomic E-state index is 12.9. The number of hydrogen-bond acceptors (Lipinski definition) is 5. The molecular formula is C20H36N2O5. The third-order valence-electron chi connectivity index (χ3n) is 5.23. The molecule has 0 heterocycles. The fourth-order valence-electron chi connectivity index (χ4n) is 3.59. The molecule has 156 valence electrons. The van der Waals surface area contributed by atoms with Crippen molar-refractivity contribution in [3.63, 3.8) is 0 Å². The lowest BCUT2D eigenvalue weighted by Gasteiger charge is -2.36. The van der Waals surface area contributed by atoms with Crippen LogP contribution in [-0.4, -0.2) is 53.6 Å². The third-order valence-corrected chi connectivity index (χ3v) is 5.23. The molecule has 0 aliphatic heterocycles. The lowest BCUT2D eigenvalue weighted by Crippen LogP contribution is -2.53. The van der Waals surface area contributed by atoms with Crippen LogP contribution in [0.4, 0.5) is 0 Å². The molecule has 1 rings (SSSR count). The summed E-state index contributed by atoms with van der Waals surface area (Å²) in [6, 6.07) is -1.88. The summed E-state index contributed by atoms with van der Waals surface area (Å²) in [6.45, 7) is 6.52. The van der Waals surface area contributed by atoms with E-state index >= 15 is 0 Å². The quantitative estimate of drug-likeness (QED) is 0.591. The van der Waals surface area contributed by atoms with Crippen LogP contribution in [0.3, 0.4) is 0 Å². The van der Waals surface area contributed by atoms with Crippen LogP contribution in [0.5, 0.6) is 0 Å². The van der Waals surface area contributed by atoms with E-state index in [0.717, 1.165) is 25.7 Å². The number of esters is 1. The van der Waals surface area contributed by atoms with Gasteiger partial charge in [-0.15, -0.1) is 0 Å². The van der Waals surface area contributed by atoms with Crippen molar-refractivity contribution >= 4 is 17.8 Å². The number of aliphatic carboxylic acids is 1. The number of carboxylic acid groups (broad SMARTS) is 1. The van der Waals surface area contributed by atoms with Crippen molar-refractivity contribution in [2.75, 3.05) is 13.7 Å². The van der Waals surface area contributed by atoms with Crippen molar-refractivity contribution in [2.24, 2.45) is 17.1 Å². The van der Waals surface area contributed by atoms with Gasteiger partial charge in [-0.1, -0.05) is 52.9 Å². The Morgan fingerprint density at radius 2 is 1.78 bits per heavy atom. The molecule has 0 aromatic heterocycles. The van der Waals surface area contributed by atoms with Gasteiger partial charge in [0.2, 0.25) is 5.91 Å². The Kier molecular flexibility index (Phi) is 9.22. The average molecular weight is 385 g/mol. The van der Waals surface area contributed by atoms with Gasteiger partial charge in [-0.05, 0) is 24.2 Å². The summed E-state index contributed by atoms with van der Waals surface area (Å²) in [4.78, 5) is 37.9. The van der Waals surface area contributed by atoms with Crippen LogP contribution in [0.25, 0.3) is 0 Å². The Morgan fingerprint density at radius 1 is 1.19 bits per heavy atom. The molecule has 1 saturated carbocycles. The maximum atomic E-state index is 12.9. The van der Waals surface area contributed by atoms with E-state index in [1.54, 1.807) is 0 Å². The molecule has 0 saturated heterocycles. The fraction of sp³-hybridized carbons (Fsp3) is 0.850. The number of carbonyl (C=O) groups excluding carboxylic acids is 2. The highest BCUT2D eigenvalue weighted by atomic mass is 16.5. The number of amides is 1. The molecule has 7 heteroatoms. The first kappa shape index (κ1) is 23.4. The molecule has 1 amide bonds. The van der Waals surface area contributed by atoms with Gasteiger partial charge in [0.25, 0.3) is 0 Å². The van der Waals surface area contributed by atoms with Crippen molar-refractivity contribution in [1.29, 1.82) is 0 Å². The summed E-state index contributed by atoms with van der Waals surface area (Å²) >= 11 is 0. The topological polar surface area (TPSA) is 110 Å². The van der Waals surface area contributed by atoms with Gasteiger partial charge in [-0.25, -0.2) is 4.79 Å². The zero-order chi connectivity index (χ0) is 20.6. The summed E-state index contributed by atoms with van der Waals surface area (Å²) < 4.78 is 4.99. The predicted molar refractivity (Wildman–Crippen MR) is 103 cm³/mol. The van der Waals surface area contributed by atoms with Crippen molar-refractivity contribution in [1.82, 2.24) is 4.90 Å². The number of hydrogen-bond donors (Lipinski definition) is 2. The van der Waals surface area contributed by atoms with Gasteiger partial charge in [-0.3, -0.25) is 9.59 Å². The highest BCUT2D eigenvalue weighted by Crippen LogP contribution is 2.30. The second kappa shape index (κ2) is 10.6. The number of methoxy groups -OCH3 is 1. The molecule has 0 spiro atoms. The van der Waals surface area contributed by atoms with Gasteiger partial charge in [0.05, 0.1) is 19.6 Å². The summed E-state index contributed by atoms with van der Waals surface area (Å²) in [5, 5.41) is 8.99. The van der Waals surface area contributed by atoms with Crippen LogP contribution in [0.2, 0.25) is 0 Å². The second-order valence-electron chi connectivity index (χ2n) is 8.83. The zero-order valence-electron chi connectivity index (χ0n) is 17.2. The van der Waals surface area contributed by atoms with Gasteiger partial charge in [0, 0.05) is 6.54 Å². The molecule has 3 N–H and O–H groups in total. The van der Waals surface area contributed by atoms with Crippen molar-refractivity contribution < 1.29 is 24.2 Å². The first-order valence-electron chi connectivity index (χ1n) is 9.91. The maximum Gasteiger partial charge on any atom is 0.328 e. The first-order chi connectivity index (χ1) is 12.5. The Labute approximate surface area is 162 Å². The summed E-state index contributed by atoms with van der Waals surface area (Å²) in [5.41, 5.74) is 5.81. The minimum atomic E-state index is -1.17. The average Bonchev–Trinajstić information content (AvgIpc) is 2.59.